The van der Waals surface area contributed by atoms with Crippen LogP contribution in [0.5, 0.6) is 0 Å². The summed E-state index contributed by atoms with van der Waals surface area (Å²) in [5.74, 6) is 0. The Morgan fingerprint density at radius 3 is 2.42 bits per heavy atom. The van der Waals surface area contributed by atoms with Gasteiger partial charge in [0.15, 0.2) is 0 Å². The van der Waals surface area contributed by atoms with Gasteiger partial charge < -0.3 is 0 Å². The van der Waals surface area contributed by atoms with E-state index in [-0.39, 0.29) is 0 Å². The fourth-order valence-corrected chi connectivity index (χ4v) is 1.31. The summed E-state index contributed by atoms with van der Waals surface area (Å²) >= 11 is 0. The molecule has 0 fully saturated rings. The van der Waals surface area contributed by atoms with Crippen LogP contribution in [0.15, 0.2) is 35.5 Å². The quantitative estimate of drug-likeness (QED) is 0.480. The zero-order chi connectivity index (χ0) is 9.14. The highest BCUT2D eigenvalue weighted by Crippen LogP contribution is 2.12. The maximum absolute atomic E-state index is 2.20. The molecule has 0 aromatic rings. The molecule has 0 spiro atoms. The van der Waals surface area contributed by atoms with Crippen molar-refractivity contribution >= 4 is 5.71 Å². The molecule has 0 bridgehead atoms. The zero-order valence-electron chi connectivity index (χ0n) is 8.26. The lowest BCUT2D eigenvalue weighted by Crippen LogP contribution is -2.14. The van der Waals surface area contributed by atoms with Crippen LogP contribution < -0.4 is 0 Å². The first-order valence-corrected chi connectivity index (χ1v) is 4.22. The molecule has 0 aromatic carbocycles. The SMILES string of the molecule is C/C=C1/C=C(C)C=CC1=[N+](C)C. The van der Waals surface area contributed by atoms with Crippen molar-refractivity contribution in [3.05, 3.63) is 35.5 Å². The summed E-state index contributed by atoms with van der Waals surface area (Å²) in [4.78, 5) is 0. The van der Waals surface area contributed by atoms with Gasteiger partial charge in [-0.1, -0.05) is 17.7 Å². The van der Waals surface area contributed by atoms with Crippen LogP contribution in [-0.4, -0.2) is 24.4 Å². The highest BCUT2D eigenvalue weighted by atomic mass is 14.9. The van der Waals surface area contributed by atoms with Crippen molar-refractivity contribution < 1.29 is 4.58 Å². The molecule has 0 unspecified atom stereocenters. The van der Waals surface area contributed by atoms with Gasteiger partial charge in [0.2, 0.25) is 5.71 Å². The van der Waals surface area contributed by atoms with E-state index in [0.29, 0.717) is 0 Å². The number of allylic oxidation sites excluding steroid dienone is 6. The Labute approximate surface area is 74.4 Å². The van der Waals surface area contributed by atoms with E-state index in [1.165, 1.54) is 16.9 Å². The largest absolute Gasteiger partial charge is 0.235 e. The van der Waals surface area contributed by atoms with Gasteiger partial charge in [-0.15, -0.1) is 0 Å². The van der Waals surface area contributed by atoms with Gasteiger partial charge in [0, 0.05) is 11.6 Å². The first-order chi connectivity index (χ1) is 5.65. The van der Waals surface area contributed by atoms with E-state index in [2.05, 4.69) is 56.8 Å². The molecular formula is C11H16N+. The summed E-state index contributed by atoms with van der Waals surface area (Å²) in [7, 11) is 4.13. The Hall–Kier alpha value is -1.11. The molecule has 0 heterocycles. The van der Waals surface area contributed by atoms with Crippen LogP contribution in [0.1, 0.15) is 13.8 Å². The minimum absolute atomic E-state index is 1.28. The normalized spacial score (nSPS) is 19.8. The van der Waals surface area contributed by atoms with Crippen LogP contribution in [0, 0.1) is 0 Å². The lowest BCUT2D eigenvalue weighted by atomic mass is 10.0. The molecular weight excluding hydrogens is 146 g/mol. The molecule has 0 saturated carbocycles. The fourth-order valence-electron chi connectivity index (χ4n) is 1.31. The second-order valence-corrected chi connectivity index (χ2v) is 3.25. The smallest absolute Gasteiger partial charge is 0.206 e. The Kier molecular flexibility index (Phi) is 2.64. The van der Waals surface area contributed by atoms with E-state index in [0.717, 1.165) is 0 Å². The third kappa shape index (κ3) is 1.73. The molecule has 64 valence electrons. The first-order valence-electron chi connectivity index (χ1n) is 4.22. The summed E-state index contributed by atoms with van der Waals surface area (Å²) in [5, 5.41) is 0. The van der Waals surface area contributed by atoms with Crippen molar-refractivity contribution in [1.29, 1.82) is 0 Å². The third-order valence-corrected chi connectivity index (χ3v) is 1.98. The fraction of sp³-hybridized carbons (Fsp3) is 0.364. The topological polar surface area (TPSA) is 3.01 Å². The number of rotatable bonds is 0. The van der Waals surface area contributed by atoms with E-state index in [1.54, 1.807) is 0 Å². The van der Waals surface area contributed by atoms with E-state index < -0.39 is 0 Å². The summed E-state index contributed by atoms with van der Waals surface area (Å²) < 4.78 is 2.13. The van der Waals surface area contributed by atoms with E-state index in [1.807, 2.05) is 0 Å². The van der Waals surface area contributed by atoms with Gasteiger partial charge in [-0.25, -0.2) is 4.58 Å². The number of hydrogen-bond donors (Lipinski definition) is 0. The second kappa shape index (κ2) is 3.53. The van der Waals surface area contributed by atoms with Crippen molar-refractivity contribution in [2.45, 2.75) is 13.8 Å². The maximum Gasteiger partial charge on any atom is 0.206 e. The van der Waals surface area contributed by atoms with Gasteiger partial charge in [0.25, 0.3) is 0 Å². The summed E-state index contributed by atoms with van der Waals surface area (Å²) in [6, 6.07) is 0. The Bertz CT molecular complexity index is 297. The number of hydrogen-bond acceptors (Lipinski definition) is 0. The van der Waals surface area contributed by atoms with E-state index in [4.69, 9.17) is 0 Å². The molecule has 1 nitrogen and oxygen atoms in total. The predicted molar refractivity (Wildman–Crippen MR) is 53.8 cm³/mol. The highest BCUT2D eigenvalue weighted by molar-refractivity contribution is 6.08. The molecule has 1 rings (SSSR count). The van der Waals surface area contributed by atoms with Crippen LogP contribution in [-0.2, 0) is 0 Å². The van der Waals surface area contributed by atoms with Crippen LogP contribution in [0.2, 0.25) is 0 Å². The van der Waals surface area contributed by atoms with Gasteiger partial charge >= 0.3 is 0 Å². The van der Waals surface area contributed by atoms with E-state index in [9.17, 15) is 0 Å². The highest BCUT2D eigenvalue weighted by Gasteiger charge is 2.11. The van der Waals surface area contributed by atoms with Crippen molar-refractivity contribution in [3.8, 4) is 0 Å². The van der Waals surface area contributed by atoms with Crippen LogP contribution in [0.4, 0.5) is 0 Å². The molecule has 1 aliphatic carbocycles. The molecule has 0 aromatic heterocycles. The Morgan fingerprint density at radius 1 is 1.25 bits per heavy atom. The molecule has 12 heavy (non-hydrogen) atoms. The van der Waals surface area contributed by atoms with Crippen LogP contribution in [0.3, 0.4) is 0 Å². The third-order valence-electron chi connectivity index (χ3n) is 1.98. The second-order valence-electron chi connectivity index (χ2n) is 3.25. The molecule has 0 N–H and O–H groups in total. The van der Waals surface area contributed by atoms with Gasteiger partial charge in [-0.2, -0.15) is 0 Å². The summed E-state index contributed by atoms with van der Waals surface area (Å²) in [5.41, 5.74) is 3.90. The van der Waals surface area contributed by atoms with Gasteiger partial charge in [-0.3, -0.25) is 0 Å². The van der Waals surface area contributed by atoms with Crippen molar-refractivity contribution in [2.24, 2.45) is 0 Å². The molecule has 0 aliphatic heterocycles. The lowest BCUT2D eigenvalue weighted by molar-refractivity contribution is -0.463. The predicted octanol–water partition coefficient (Wildman–Crippen LogP) is 2.16. The van der Waals surface area contributed by atoms with Crippen LogP contribution >= 0.6 is 0 Å². The average Bonchev–Trinajstić information content (AvgIpc) is 2.03. The minimum Gasteiger partial charge on any atom is -0.235 e. The van der Waals surface area contributed by atoms with Crippen LogP contribution in [0.25, 0.3) is 0 Å². The summed E-state index contributed by atoms with van der Waals surface area (Å²) in [6.45, 7) is 4.19. The molecule has 1 aliphatic rings. The molecule has 0 amide bonds. The Balaban J connectivity index is 3.14. The van der Waals surface area contributed by atoms with E-state index >= 15 is 0 Å². The molecule has 0 atom stereocenters. The first kappa shape index (κ1) is 8.98. The van der Waals surface area contributed by atoms with Gasteiger partial charge in [-0.05, 0) is 19.9 Å². The average molecular weight is 162 g/mol. The monoisotopic (exact) mass is 162 g/mol. The molecule has 0 saturated heterocycles. The lowest BCUT2D eigenvalue weighted by Gasteiger charge is -2.06. The minimum atomic E-state index is 1.28. The van der Waals surface area contributed by atoms with Crippen molar-refractivity contribution in [2.75, 3.05) is 14.1 Å². The van der Waals surface area contributed by atoms with Crippen molar-refractivity contribution in [3.63, 3.8) is 0 Å². The maximum atomic E-state index is 2.20. The zero-order valence-corrected chi connectivity index (χ0v) is 8.26. The molecule has 0 radical (unpaired) electrons. The van der Waals surface area contributed by atoms with Gasteiger partial charge in [0.05, 0.1) is 0 Å². The van der Waals surface area contributed by atoms with Gasteiger partial charge in [0.1, 0.15) is 14.1 Å². The molecule has 1 heteroatoms. The Morgan fingerprint density at radius 2 is 1.92 bits per heavy atom. The number of nitrogens with zero attached hydrogens (tertiary/aromatic N) is 1. The summed E-state index contributed by atoms with van der Waals surface area (Å²) in [6.07, 6.45) is 8.64. The van der Waals surface area contributed by atoms with Crippen molar-refractivity contribution in [1.82, 2.24) is 0 Å². The standard InChI is InChI=1S/C11H16N/c1-5-10-8-9(2)6-7-11(10)12(3)4/h5-8H,1-4H3/q+1/b10-5-.